The van der Waals surface area contributed by atoms with Gasteiger partial charge in [0.15, 0.2) is 0 Å². The molecule has 0 aliphatic carbocycles. The highest BCUT2D eigenvalue weighted by atomic mass is 16.6. The van der Waals surface area contributed by atoms with E-state index in [4.69, 9.17) is 0 Å². The molecule has 0 fully saturated rings. The molecule has 1 heterocycles. The first-order valence-corrected chi connectivity index (χ1v) is 3.69. The first-order valence-electron chi connectivity index (χ1n) is 3.69. The summed E-state index contributed by atoms with van der Waals surface area (Å²) >= 11 is 0. The van der Waals surface area contributed by atoms with E-state index >= 15 is 0 Å². The van der Waals surface area contributed by atoms with Crippen LogP contribution in [0.1, 0.15) is 5.69 Å². The summed E-state index contributed by atoms with van der Waals surface area (Å²) in [6, 6.07) is 2.96. The smallest absolute Gasteiger partial charge is 0.294 e. The van der Waals surface area contributed by atoms with E-state index in [1.54, 1.807) is 19.3 Å². The van der Waals surface area contributed by atoms with Gasteiger partial charge in [-0.25, -0.2) is 4.98 Å². The Balaban J connectivity index is 3.05. The van der Waals surface area contributed by atoms with Crippen LogP contribution in [0, 0.1) is 10.1 Å². The highest BCUT2D eigenvalue weighted by molar-refractivity contribution is 5.55. The largest absolute Gasteiger partial charge is 0.394 e. The van der Waals surface area contributed by atoms with Gasteiger partial charge in [0.1, 0.15) is 5.69 Å². The van der Waals surface area contributed by atoms with Crippen molar-refractivity contribution in [3.05, 3.63) is 40.3 Å². The van der Waals surface area contributed by atoms with Crippen molar-refractivity contribution in [2.45, 2.75) is 0 Å². The molecule has 0 atom stereocenters. The fourth-order valence-electron chi connectivity index (χ4n) is 0.854. The summed E-state index contributed by atoms with van der Waals surface area (Å²) in [7, 11) is 1.71. The number of rotatable bonds is 3. The predicted molar refractivity (Wildman–Crippen MR) is 49.0 cm³/mol. The number of nitro groups is 1. The summed E-state index contributed by atoms with van der Waals surface area (Å²) in [6.07, 6.45) is 4.66. The Bertz CT molecular complexity index is 336. The third-order valence-corrected chi connectivity index (χ3v) is 1.42. The average molecular weight is 179 g/mol. The molecule has 5 nitrogen and oxygen atoms in total. The maximum absolute atomic E-state index is 10.5. The fourth-order valence-corrected chi connectivity index (χ4v) is 0.854. The molecular formula is C8H9N3O2. The van der Waals surface area contributed by atoms with Crippen LogP contribution < -0.4 is 5.32 Å². The molecule has 1 aromatic rings. The molecule has 1 N–H and O–H groups in total. The molecule has 0 amide bonds. The normalized spacial score (nSPS) is 10.2. The number of hydrogen-bond acceptors (Lipinski definition) is 4. The average Bonchev–Trinajstić information content (AvgIpc) is 2.15. The zero-order chi connectivity index (χ0) is 9.68. The van der Waals surface area contributed by atoms with E-state index in [9.17, 15) is 10.1 Å². The van der Waals surface area contributed by atoms with Crippen molar-refractivity contribution >= 4 is 11.8 Å². The van der Waals surface area contributed by atoms with Crippen molar-refractivity contribution < 1.29 is 4.92 Å². The molecule has 0 unspecified atom stereocenters. The Morgan fingerprint density at radius 2 is 2.46 bits per heavy atom. The van der Waals surface area contributed by atoms with Crippen molar-refractivity contribution in [1.82, 2.24) is 10.3 Å². The number of aromatic nitrogens is 1. The lowest BCUT2D eigenvalue weighted by Gasteiger charge is -1.94. The van der Waals surface area contributed by atoms with E-state index in [2.05, 4.69) is 10.3 Å². The van der Waals surface area contributed by atoms with Gasteiger partial charge in [-0.1, -0.05) is 0 Å². The van der Waals surface area contributed by atoms with Gasteiger partial charge < -0.3 is 5.32 Å². The van der Waals surface area contributed by atoms with E-state index in [-0.39, 0.29) is 5.69 Å². The quantitative estimate of drug-likeness (QED) is 0.558. The monoisotopic (exact) mass is 179 g/mol. The molecule has 0 aromatic carbocycles. The second kappa shape index (κ2) is 4.20. The van der Waals surface area contributed by atoms with Gasteiger partial charge in [0, 0.05) is 19.3 Å². The Hall–Kier alpha value is -1.91. The van der Waals surface area contributed by atoms with Crippen LogP contribution in [-0.2, 0) is 0 Å². The minimum atomic E-state index is -0.456. The van der Waals surface area contributed by atoms with Crippen molar-refractivity contribution in [2.75, 3.05) is 7.05 Å². The molecule has 1 aromatic heterocycles. The van der Waals surface area contributed by atoms with Gasteiger partial charge in [-0.05, 0) is 18.3 Å². The van der Waals surface area contributed by atoms with Gasteiger partial charge in [-0.2, -0.15) is 0 Å². The summed E-state index contributed by atoms with van der Waals surface area (Å²) in [4.78, 5) is 13.9. The lowest BCUT2D eigenvalue weighted by molar-refractivity contribution is -0.385. The van der Waals surface area contributed by atoms with Crippen LogP contribution in [0.3, 0.4) is 0 Å². The molecule has 68 valence electrons. The van der Waals surface area contributed by atoms with Crippen molar-refractivity contribution in [2.24, 2.45) is 0 Å². The van der Waals surface area contributed by atoms with Crippen LogP contribution >= 0.6 is 0 Å². The number of hydrogen-bond donors (Lipinski definition) is 1. The third kappa shape index (κ3) is 2.26. The lowest BCUT2D eigenvalue weighted by Crippen LogP contribution is -1.95. The maximum Gasteiger partial charge on any atom is 0.294 e. The van der Waals surface area contributed by atoms with E-state index in [0.717, 1.165) is 0 Å². The van der Waals surface area contributed by atoms with Crippen molar-refractivity contribution in [3.8, 4) is 0 Å². The van der Waals surface area contributed by atoms with E-state index < -0.39 is 4.92 Å². The van der Waals surface area contributed by atoms with Crippen LogP contribution in [0.15, 0.2) is 24.5 Å². The second-order valence-corrected chi connectivity index (χ2v) is 2.29. The molecule has 0 radical (unpaired) electrons. The van der Waals surface area contributed by atoms with Crippen LogP contribution in [0.5, 0.6) is 0 Å². The SMILES string of the molecule is CNC=Cc1ncccc1[N+](=O)[O-]. The molecule has 5 heteroatoms. The number of nitrogens with one attached hydrogen (secondary N) is 1. The van der Waals surface area contributed by atoms with Crippen molar-refractivity contribution in [1.29, 1.82) is 0 Å². The Morgan fingerprint density at radius 3 is 3.08 bits per heavy atom. The Kier molecular flexibility index (Phi) is 2.97. The van der Waals surface area contributed by atoms with Crippen LogP contribution in [0.2, 0.25) is 0 Å². The van der Waals surface area contributed by atoms with Gasteiger partial charge in [-0.3, -0.25) is 10.1 Å². The van der Waals surface area contributed by atoms with Crippen molar-refractivity contribution in [3.63, 3.8) is 0 Å². The molecule has 0 aliphatic rings. The zero-order valence-electron chi connectivity index (χ0n) is 7.10. The summed E-state index contributed by atoms with van der Waals surface area (Å²) in [6.45, 7) is 0. The highest BCUT2D eigenvalue weighted by Gasteiger charge is 2.10. The minimum absolute atomic E-state index is 0.00833. The van der Waals surface area contributed by atoms with Crippen LogP contribution in [-0.4, -0.2) is 17.0 Å². The first kappa shape index (κ1) is 9.18. The topological polar surface area (TPSA) is 68.1 Å². The molecule has 0 spiro atoms. The molecule has 0 aliphatic heterocycles. The van der Waals surface area contributed by atoms with Gasteiger partial charge in [0.05, 0.1) is 4.92 Å². The predicted octanol–water partition coefficient (Wildman–Crippen LogP) is 1.18. The van der Waals surface area contributed by atoms with Gasteiger partial charge in [0.2, 0.25) is 0 Å². The minimum Gasteiger partial charge on any atom is -0.394 e. The van der Waals surface area contributed by atoms with Gasteiger partial charge in [-0.15, -0.1) is 0 Å². The summed E-state index contributed by atoms with van der Waals surface area (Å²) in [5.74, 6) is 0. The maximum atomic E-state index is 10.5. The molecule has 0 saturated carbocycles. The van der Waals surface area contributed by atoms with Crippen LogP contribution in [0.4, 0.5) is 5.69 Å². The molecule has 13 heavy (non-hydrogen) atoms. The van der Waals surface area contributed by atoms with Gasteiger partial charge >= 0.3 is 0 Å². The van der Waals surface area contributed by atoms with Gasteiger partial charge in [0.25, 0.3) is 5.69 Å². The highest BCUT2D eigenvalue weighted by Crippen LogP contribution is 2.15. The fraction of sp³-hybridized carbons (Fsp3) is 0.125. The molecular weight excluding hydrogens is 170 g/mol. The second-order valence-electron chi connectivity index (χ2n) is 2.29. The van der Waals surface area contributed by atoms with Crippen LogP contribution in [0.25, 0.3) is 6.08 Å². The standard InChI is InChI=1S/C8H9N3O2/c1-9-6-4-7-8(11(12)13)3-2-5-10-7/h2-6,9H,1H3. The Morgan fingerprint density at radius 1 is 1.69 bits per heavy atom. The molecule has 0 saturated heterocycles. The zero-order valence-corrected chi connectivity index (χ0v) is 7.10. The number of nitrogens with zero attached hydrogens (tertiary/aromatic N) is 2. The molecule has 0 bridgehead atoms. The summed E-state index contributed by atoms with van der Waals surface area (Å²) < 4.78 is 0. The van der Waals surface area contributed by atoms with E-state index in [1.807, 2.05) is 0 Å². The number of pyridine rings is 1. The lowest BCUT2D eigenvalue weighted by atomic mass is 10.3. The first-order chi connectivity index (χ1) is 6.25. The summed E-state index contributed by atoms with van der Waals surface area (Å²) in [5, 5.41) is 13.2. The summed E-state index contributed by atoms with van der Waals surface area (Å²) in [5.41, 5.74) is 0.357. The molecule has 1 rings (SSSR count). The third-order valence-electron chi connectivity index (χ3n) is 1.42. The van der Waals surface area contributed by atoms with E-state index in [1.165, 1.54) is 18.3 Å². The van der Waals surface area contributed by atoms with E-state index in [0.29, 0.717) is 5.69 Å². The Labute approximate surface area is 75.3 Å².